The smallest absolute Gasteiger partial charge is 0.329 e. The molecule has 126 valence electrons. The van der Waals surface area contributed by atoms with Crippen molar-refractivity contribution in [3.63, 3.8) is 0 Å². The fraction of sp³-hybridized carbons (Fsp3) is 0.800. The molecule has 0 bridgehead atoms. The largest absolute Gasteiger partial charge is 0.480 e. The Kier molecular flexibility index (Phi) is 8.50. The Morgan fingerprint density at radius 3 is 2.05 bits per heavy atom. The molecule has 2 atom stereocenters. The number of aliphatic carboxylic acids is 1. The summed E-state index contributed by atoms with van der Waals surface area (Å²) < 4.78 is 4.78. The van der Waals surface area contributed by atoms with Crippen LogP contribution < -0.4 is 10.6 Å². The van der Waals surface area contributed by atoms with Crippen molar-refractivity contribution < 1.29 is 24.2 Å². The Balaban J connectivity index is 2.31. The summed E-state index contributed by atoms with van der Waals surface area (Å²) in [5.41, 5.74) is 0. The summed E-state index contributed by atoms with van der Waals surface area (Å²) in [6.45, 7) is 0.848. The van der Waals surface area contributed by atoms with E-state index in [1.807, 2.05) is 0 Å². The van der Waals surface area contributed by atoms with Crippen LogP contribution in [0.2, 0.25) is 0 Å². The van der Waals surface area contributed by atoms with E-state index in [0.29, 0.717) is 0 Å². The summed E-state index contributed by atoms with van der Waals surface area (Å²) in [5.74, 6) is -1.35. The van der Waals surface area contributed by atoms with Gasteiger partial charge in [0.05, 0.1) is 0 Å². The van der Waals surface area contributed by atoms with Crippen molar-refractivity contribution in [1.29, 1.82) is 0 Å². The summed E-state index contributed by atoms with van der Waals surface area (Å²) in [4.78, 5) is 33.1. The highest BCUT2D eigenvalue weighted by atomic mass is 16.5. The highest BCUT2D eigenvalue weighted by Crippen LogP contribution is 2.17. The van der Waals surface area contributed by atoms with Crippen molar-refractivity contribution in [3.05, 3.63) is 0 Å². The van der Waals surface area contributed by atoms with Gasteiger partial charge in [-0.15, -0.1) is 0 Å². The molecule has 7 heteroatoms. The molecule has 0 aromatic carbocycles. The first kappa shape index (κ1) is 18.4. The number of ether oxygens (including phenoxy) is 1. The average molecular weight is 314 g/mol. The Hall–Kier alpha value is -1.63. The summed E-state index contributed by atoms with van der Waals surface area (Å²) >= 11 is 0. The number of hydrogen-bond acceptors (Lipinski definition) is 4. The predicted octanol–water partition coefficient (Wildman–Crippen LogP) is 0.821. The molecule has 0 spiro atoms. The zero-order valence-corrected chi connectivity index (χ0v) is 13.1. The van der Waals surface area contributed by atoms with E-state index in [4.69, 9.17) is 9.84 Å². The number of carbonyl (C=O) groups is 3. The van der Waals surface area contributed by atoms with E-state index in [9.17, 15) is 14.4 Å². The standard InChI is InChI=1S/C15H26N2O5/c1-11(18)16-12-5-2-3-6-13(8-4-7-12)17-14(19)9-22-10-15(20)21/h12-13H,2-10H2,1H3,(H,16,18)(H,17,19)(H,20,21). The third-order valence-corrected chi connectivity index (χ3v) is 3.69. The van der Waals surface area contributed by atoms with Gasteiger partial charge >= 0.3 is 5.97 Å². The maximum atomic E-state index is 11.7. The molecule has 1 saturated carbocycles. The number of amides is 2. The van der Waals surface area contributed by atoms with E-state index >= 15 is 0 Å². The van der Waals surface area contributed by atoms with Crippen LogP contribution in [-0.4, -0.2) is 48.2 Å². The maximum absolute atomic E-state index is 11.7. The Labute approximate surface area is 130 Å². The minimum Gasteiger partial charge on any atom is -0.480 e. The van der Waals surface area contributed by atoms with Crippen molar-refractivity contribution in [3.8, 4) is 0 Å². The molecule has 0 aromatic heterocycles. The lowest BCUT2D eigenvalue weighted by molar-refractivity contribution is -0.143. The minimum atomic E-state index is -1.08. The van der Waals surface area contributed by atoms with Gasteiger partial charge in [0.15, 0.2) is 0 Å². The molecule has 0 saturated heterocycles. The van der Waals surface area contributed by atoms with Crippen LogP contribution in [0.3, 0.4) is 0 Å². The van der Waals surface area contributed by atoms with Crippen molar-refractivity contribution in [1.82, 2.24) is 10.6 Å². The highest BCUT2D eigenvalue weighted by molar-refractivity contribution is 5.78. The van der Waals surface area contributed by atoms with Crippen molar-refractivity contribution >= 4 is 17.8 Å². The molecule has 0 aliphatic heterocycles. The molecular formula is C15H26N2O5. The molecule has 1 fully saturated rings. The number of hydrogen-bond donors (Lipinski definition) is 3. The summed E-state index contributed by atoms with van der Waals surface area (Å²) in [5, 5.41) is 14.3. The monoisotopic (exact) mass is 314 g/mol. The van der Waals surface area contributed by atoms with Crippen LogP contribution >= 0.6 is 0 Å². The van der Waals surface area contributed by atoms with Crippen LogP contribution in [0.4, 0.5) is 0 Å². The minimum absolute atomic E-state index is 0.00433. The number of carboxylic acids is 1. The van der Waals surface area contributed by atoms with Gasteiger partial charge in [-0.25, -0.2) is 4.79 Å². The SMILES string of the molecule is CC(=O)NC1CCCCC(NC(=O)COCC(=O)O)CCC1. The highest BCUT2D eigenvalue weighted by Gasteiger charge is 2.17. The van der Waals surface area contributed by atoms with Crippen LogP contribution in [-0.2, 0) is 19.1 Å². The van der Waals surface area contributed by atoms with E-state index in [-0.39, 0.29) is 30.5 Å². The number of carboxylic acid groups (broad SMARTS) is 1. The lowest BCUT2D eigenvalue weighted by atomic mass is 10.0. The number of rotatable bonds is 6. The van der Waals surface area contributed by atoms with E-state index < -0.39 is 12.6 Å². The van der Waals surface area contributed by atoms with Crippen molar-refractivity contribution in [2.75, 3.05) is 13.2 Å². The number of nitrogens with one attached hydrogen (secondary N) is 2. The van der Waals surface area contributed by atoms with Gasteiger partial charge in [-0.3, -0.25) is 9.59 Å². The van der Waals surface area contributed by atoms with Gasteiger partial charge in [-0.2, -0.15) is 0 Å². The molecule has 0 radical (unpaired) electrons. The van der Waals surface area contributed by atoms with Crippen LogP contribution in [0.15, 0.2) is 0 Å². The number of carbonyl (C=O) groups excluding carboxylic acids is 2. The van der Waals surface area contributed by atoms with E-state index in [1.165, 1.54) is 6.92 Å². The van der Waals surface area contributed by atoms with Gasteiger partial charge in [-0.1, -0.05) is 12.8 Å². The molecule has 0 aromatic rings. The third kappa shape index (κ3) is 8.61. The normalized spacial score (nSPS) is 22.8. The molecule has 3 N–H and O–H groups in total. The van der Waals surface area contributed by atoms with Crippen molar-refractivity contribution in [2.45, 2.75) is 64.0 Å². The zero-order valence-electron chi connectivity index (χ0n) is 13.1. The first-order chi connectivity index (χ1) is 10.5. The Bertz CT molecular complexity index is 386. The first-order valence-electron chi connectivity index (χ1n) is 7.83. The molecule has 2 amide bonds. The van der Waals surface area contributed by atoms with Gasteiger partial charge in [0, 0.05) is 19.0 Å². The van der Waals surface area contributed by atoms with Crippen LogP contribution in [0.1, 0.15) is 51.9 Å². The molecule has 22 heavy (non-hydrogen) atoms. The summed E-state index contributed by atoms with van der Waals surface area (Å²) in [6.07, 6.45) is 6.61. The predicted molar refractivity (Wildman–Crippen MR) is 80.3 cm³/mol. The zero-order chi connectivity index (χ0) is 16.4. The average Bonchev–Trinajstić information content (AvgIpc) is 2.51. The fourth-order valence-electron chi connectivity index (χ4n) is 2.76. The van der Waals surface area contributed by atoms with Gasteiger partial charge in [0.1, 0.15) is 13.2 Å². The van der Waals surface area contributed by atoms with Gasteiger partial charge in [0.2, 0.25) is 11.8 Å². The topological polar surface area (TPSA) is 105 Å². The summed E-state index contributed by atoms with van der Waals surface area (Å²) in [6, 6.07) is 0.322. The molecule has 7 nitrogen and oxygen atoms in total. The van der Waals surface area contributed by atoms with Crippen LogP contribution in [0.5, 0.6) is 0 Å². The Morgan fingerprint density at radius 2 is 1.50 bits per heavy atom. The van der Waals surface area contributed by atoms with E-state index in [2.05, 4.69) is 10.6 Å². The lowest BCUT2D eigenvalue weighted by Crippen LogP contribution is -2.37. The molecular weight excluding hydrogens is 288 g/mol. The second-order valence-corrected chi connectivity index (χ2v) is 5.76. The van der Waals surface area contributed by atoms with Crippen LogP contribution in [0, 0.1) is 0 Å². The second kappa shape index (κ2) is 10.2. The van der Waals surface area contributed by atoms with Gasteiger partial charge < -0.3 is 20.5 Å². The van der Waals surface area contributed by atoms with Gasteiger partial charge in [0.25, 0.3) is 0 Å². The first-order valence-corrected chi connectivity index (χ1v) is 7.83. The van der Waals surface area contributed by atoms with E-state index in [1.54, 1.807) is 0 Å². The third-order valence-electron chi connectivity index (χ3n) is 3.69. The molecule has 1 aliphatic carbocycles. The summed E-state index contributed by atoms with van der Waals surface area (Å²) in [7, 11) is 0. The Morgan fingerprint density at radius 1 is 0.955 bits per heavy atom. The molecule has 0 heterocycles. The van der Waals surface area contributed by atoms with E-state index in [0.717, 1.165) is 44.9 Å². The molecule has 1 aliphatic rings. The van der Waals surface area contributed by atoms with Crippen LogP contribution in [0.25, 0.3) is 0 Å². The fourth-order valence-corrected chi connectivity index (χ4v) is 2.76. The van der Waals surface area contributed by atoms with Crippen molar-refractivity contribution in [2.24, 2.45) is 0 Å². The molecule has 2 unspecified atom stereocenters. The second-order valence-electron chi connectivity index (χ2n) is 5.76. The van der Waals surface area contributed by atoms with Gasteiger partial charge in [-0.05, 0) is 32.1 Å². The quantitative estimate of drug-likeness (QED) is 0.673. The maximum Gasteiger partial charge on any atom is 0.329 e. The lowest BCUT2D eigenvalue weighted by Gasteiger charge is -2.18. The molecule has 1 rings (SSSR count).